The molecule has 0 saturated carbocycles. The Bertz CT molecular complexity index is 320. The highest BCUT2D eigenvalue weighted by Gasteiger charge is 2.06. The van der Waals surface area contributed by atoms with Crippen molar-refractivity contribution in [3.8, 4) is 5.75 Å². The zero-order valence-electron chi connectivity index (χ0n) is 8.84. The molecule has 4 heteroatoms. The predicted octanol–water partition coefficient (Wildman–Crippen LogP) is 3.89. The van der Waals surface area contributed by atoms with Crippen LogP contribution in [0.15, 0.2) is 35.4 Å². The van der Waals surface area contributed by atoms with Gasteiger partial charge in [-0.3, -0.25) is 0 Å². The van der Waals surface area contributed by atoms with Gasteiger partial charge in [0.2, 0.25) is 0 Å². The molecule has 15 heavy (non-hydrogen) atoms. The Hall–Kier alpha value is -1.67. The molecule has 0 heterocycles. The van der Waals surface area contributed by atoms with Gasteiger partial charge in [0.05, 0.1) is 0 Å². The second kappa shape index (κ2) is 6.74. The van der Waals surface area contributed by atoms with Crippen LogP contribution in [0.2, 0.25) is 0 Å². The highest BCUT2D eigenvalue weighted by molar-refractivity contribution is 5.21. The molecule has 80 valence electrons. The highest BCUT2D eigenvalue weighted by Crippen LogP contribution is 2.14. The van der Waals surface area contributed by atoms with E-state index in [-0.39, 0.29) is 0 Å². The van der Waals surface area contributed by atoms with Gasteiger partial charge in [-0.15, -0.1) is 0 Å². The van der Waals surface area contributed by atoms with Gasteiger partial charge in [0, 0.05) is 4.91 Å². The first kappa shape index (κ1) is 11.4. The molecule has 0 spiro atoms. The van der Waals surface area contributed by atoms with Gasteiger partial charge in [-0.25, -0.2) is 0 Å². The molecule has 0 aromatic heterocycles. The summed E-state index contributed by atoms with van der Waals surface area (Å²) < 4.78 is 5.54. The van der Waals surface area contributed by atoms with Crippen LogP contribution in [0.25, 0.3) is 10.4 Å². The van der Waals surface area contributed by atoms with Crippen LogP contribution in [0.1, 0.15) is 26.2 Å². The minimum atomic E-state index is -0.391. The second-order valence-corrected chi connectivity index (χ2v) is 3.23. The Morgan fingerprint density at radius 2 is 2.13 bits per heavy atom. The molecule has 0 aliphatic carbocycles. The van der Waals surface area contributed by atoms with Crippen LogP contribution in [0.3, 0.4) is 0 Å². The lowest BCUT2D eigenvalue weighted by atomic mass is 10.2. The van der Waals surface area contributed by atoms with Crippen molar-refractivity contribution in [3.05, 3.63) is 40.8 Å². The van der Waals surface area contributed by atoms with Gasteiger partial charge in [0.1, 0.15) is 5.75 Å². The lowest BCUT2D eigenvalue weighted by molar-refractivity contribution is 0.195. The largest absolute Gasteiger partial charge is 0.484 e. The SMILES string of the molecule is CCCCC(N=[N+]=[N-])Oc1ccccc1. The Labute approximate surface area is 89.5 Å². The normalized spacial score (nSPS) is 11.5. The van der Waals surface area contributed by atoms with Crippen LogP contribution < -0.4 is 4.74 Å². The van der Waals surface area contributed by atoms with E-state index in [4.69, 9.17) is 10.3 Å². The molecule has 0 bridgehead atoms. The van der Waals surface area contributed by atoms with E-state index in [0.29, 0.717) is 0 Å². The molecule has 4 nitrogen and oxygen atoms in total. The molecule has 0 radical (unpaired) electrons. The fourth-order valence-corrected chi connectivity index (χ4v) is 1.23. The smallest absolute Gasteiger partial charge is 0.177 e. The van der Waals surface area contributed by atoms with Gasteiger partial charge < -0.3 is 4.74 Å². The van der Waals surface area contributed by atoms with Gasteiger partial charge in [-0.1, -0.05) is 31.5 Å². The number of para-hydroxylation sites is 1. The van der Waals surface area contributed by atoms with E-state index in [1.165, 1.54) is 0 Å². The van der Waals surface area contributed by atoms with Crippen molar-refractivity contribution in [2.45, 2.75) is 32.4 Å². The summed E-state index contributed by atoms with van der Waals surface area (Å²) in [5.74, 6) is 0.742. The molecular weight excluding hydrogens is 190 g/mol. The zero-order valence-corrected chi connectivity index (χ0v) is 8.84. The first-order chi connectivity index (χ1) is 7.36. The summed E-state index contributed by atoms with van der Waals surface area (Å²) in [6, 6.07) is 9.41. The molecule has 0 N–H and O–H groups in total. The van der Waals surface area contributed by atoms with Gasteiger partial charge in [0.15, 0.2) is 6.23 Å². The monoisotopic (exact) mass is 205 g/mol. The van der Waals surface area contributed by atoms with Crippen LogP contribution >= 0.6 is 0 Å². The van der Waals surface area contributed by atoms with Crippen LogP contribution in [0.4, 0.5) is 0 Å². The number of azide groups is 1. The summed E-state index contributed by atoms with van der Waals surface area (Å²) in [6.45, 7) is 2.09. The third-order valence-corrected chi connectivity index (χ3v) is 2.00. The molecule has 0 fully saturated rings. The van der Waals surface area contributed by atoms with Crippen LogP contribution in [0.5, 0.6) is 5.75 Å². The van der Waals surface area contributed by atoms with Crippen molar-refractivity contribution in [2.24, 2.45) is 5.11 Å². The van der Waals surface area contributed by atoms with E-state index >= 15 is 0 Å². The summed E-state index contributed by atoms with van der Waals surface area (Å²) in [5, 5.41) is 3.62. The maximum Gasteiger partial charge on any atom is 0.177 e. The Morgan fingerprint density at radius 1 is 1.40 bits per heavy atom. The Morgan fingerprint density at radius 3 is 2.73 bits per heavy atom. The van der Waals surface area contributed by atoms with E-state index in [1.54, 1.807) is 0 Å². The first-order valence-corrected chi connectivity index (χ1v) is 5.12. The molecule has 1 aromatic rings. The molecule has 1 unspecified atom stereocenters. The van der Waals surface area contributed by atoms with Crippen LogP contribution in [-0.2, 0) is 0 Å². The molecule has 1 rings (SSSR count). The molecule has 0 amide bonds. The standard InChI is InChI=1S/C11H15N3O/c1-2-3-9-11(13-14-12)15-10-7-5-4-6-8-10/h4-8,11H,2-3,9H2,1H3. The topological polar surface area (TPSA) is 58.0 Å². The van der Waals surface area contributed by atoms with E-state index < -0.39 is 6.23 Å². The van der Waals surface area contributed by atoms with Crippen molar-refractivity contribution in [1.29, 1.82) is 0 Å². The number of unbranched alkanes of at least 4 members (excludes halogenated alkanes) is 1. The summed E-state index contributed by atoms with van der Waals surface area (Å²) in [5.41, 5.74) is 8.39. The van der Waals surface area contributed by atoms with Crippen molar-refractivity contribution < 1.29 is 4.74 Å². The quantitative estimate of drug-likeness (QED) is 0.395. The summed E-state index contributed by atoms with van der Waals surface area (Å²) in [4.78, 5) is 2.79. The zero-order chi connectivity index (χ0) is 10.9. The molecule has 0 aliphatic heterocycles. The number of nitrogens with zero attached hydrogens (tertiary/aromatic N) is 3. The summed E-state index contributed by atoms with van der Waals surface area (Å²) in [6.07, 6.45) is 2.43. The van der Waals surface area contributed by atoms with Crippen LogP contribution in [0, 0.1) is 0 Å². The molecule has 0 aliphatic rings. The van der Waals surface area contributed by atoms with E-state index in [9.17, 15) is 0 Å². The van der Waals surface area contributed by atoms with E-state index in [2.05, 4.69) is 16.9 Å². The van der Waals surface area contributed by atoms with E-state index in [0.717, 1.165) is 25.0 Å². The number of hydrogen-bond acceptors (Lipinski definition) is 2. The maximum atomic E-state index is 8.39. The first-order valence-electron chi connectivity index (χ1n) is 5.12. The third kappa shape index (κ3) is 4.38. The third-order valence-electron chi connectivity index (χ3n) is 2.00. The molecule has 1 aromatic carbocycles. The van der Waals surface area contributed by atoms with Gasteiger partial charge >= 0.3 is 0 Å². The fraction of sp³-hybridized carbons (Fsp3) is 0.455. The average molecular weight is 205 g/mol. The van der Waals surface area contributed by atoms with Gasteiger partial charge in [0.25, 0.3) is 0 Å². The fourth-order valence-electron chi connectivity index (χ4n) is 1.23. The minimum absolute atomic E-state index is 0.391. The van der Waals surface area contributed by atoms with Crippen LogP contribution in [-0.4, -0.2) is 6.23 Å². The predicted molar refractivity (Wildman–Crippen MR) is 59.5 cm³/mol. The lowest BCUT2D eigenvalue weighted by Crippen LogP contribution is -2.12. The lowest BCUT2D eigenvalue weighted by Gasteiger charge is -2.13. The number of rotatable bonds is 6. The summed E-state index contributed by atoms with van der Waals surface area (Å²) in [7, 11) is 0. The van der Waals surface area contributed by atoms with Crippen molar-refractivity contribution in [1.82, 2.24) is 0 Å². The molecular formula is C11H15N3O. The molecule has 0 saturated heterocycles. The highest BCUT2D eigenvalue weighted by atomic mass is 16.5. The average Bonchev–Trinajstić information content (AvgIpc) is 2.28. The Kier molecular flexibility index (Phi) is 5.12. The molecule has 1 atom stereocenters. The summed E-state index contributed by atoms with van der Waals surface area (Å²) >= 11 is 0. The van der Waals surface area contributed by atoms with E-state index in [1.807, 2.05) is 30.3 Å². The van der Waals surface area contributed by atoms with Gasteiger partial charge in [-0.2, -0.15) is 0 Å². The second-order valence-electron chi connectivity index (χ2n) is 3.23. The number of benzene rings is 1. The number of ether oxygens (including phenoxy) is 1. The van der Waals surface area contributed by atoms with Crippen molar-refractivity contribution >= 4 is 0 Å². The minimum Gasteiger partial charge on any atom is -0.484 e. The number of hydrogen-bond donors (Lipinski definition) is 0. The maximum absolute atomic E-state index is 8.39. The van der Waals surface area contributed by atoms with Crippen molar-refractivity contribution in [2.75, 3.05) is 0 Å². The Balaban J connectivity index is 2.54. The van der Waals surface area contributed by atoms with Gasteiger partial charge in [-0.05, 0) is 35.6 Å². The van der Waals surface area contributed by atoms with Crippen molar-refractivity contribution in [3.63, 3.8) is 0 Å².